The molecule has 1 aromatic carbocycles. The van der Waals surface area contributed by atoms with Crippen molar-refractivity contribution < 1.29 is 18.9 Å². The maximum Gasteiger partial charge on any atom is 0.164 e. The molecule has 4 atom stereocenters. The van der Waals surface area contributed by atoms with Gasteiger partial charge in [0.1, 0.15) is 6.10 Å². The predicted molar refractivity (Wildman–Crippen MR) is 83.3 cm³/mol. The summed E-state index contributed by atoms with van der Waals surface area (Å²) < 4.78 is 24.2. The molecule has 122 valence electrons. The minimum absolute atomic E-state index is 0.00493. The zero-order chi connectivity index (χ0) is 16.0. The van der Waals surface area contributed by atoms with E-state index in [-0.39, 0.29) is 24.4 Å². The fourth-order valence-electron chi connectivity index (χ4n) is 3.46. The highest BCUT2D eigenvalue weighted by Gasteiger charge is 2.48. The van der Waals surface area contributed by atoms with E-state index in [4.69, 9.17) is 18.9 Å². The molecule has 4 nitrogen and oxygen atoms in total. The van der Waals surface area contributed by atoms with Gasteiger partial charge in [-0.2, -0.15) is 0 Å². The first-order valence-electron chi connectivity index (χ1n) is 8.02. The van der Waals surface area contributed by atoms with Crippen LogP contribution in [-0.4, -0.2) is 29.9 Å². The van der Waals surface area contributed by atoms with Crippen LogP contribution in [0.3, 0.4) is 0 Å². The monoisotopic (exact) mass is 306 g/mol. The Morgan fingerprint density at radius 2 is 1.50 bits per heavy atom. The highest BCUT2D eigenvalue weighted by Crippen LogP contribution is 2.41. The van der Waals surface area contributed by atoms with E-state index in [1.54, 1.807) is 0 Å². The summed E-state index contributed by atoms with van der Waals surface area (Å²) in [5.74, 6) is -1.20. The Bertz CT molecular complexity index is 511. The molecule has 3 rings (SSSR count). The van der Waals surface area contributed by atoms with Crippen molar-refractivity contribution in [2.45, 2.75) is 77.0 Å². The van der Waals surface area contributed by atoms with Crippen molar-refractivity contribution in [3.05, 3.63) is 35.9 Å². The van der Waals surface area contributed by atoms with E-state index in [1.165, 1.54) is 5.56 Å². The number of rotatable bonds is 2. The molecule has 0 N–H and O–H groups in total. The molecule has 4 heteroatoms. The van der Waals surface area contributed by atoms with Crippen LogP contribution >= 0.6 is 0 Å². The minimum atomic E-state index is -0.640. The van der Waals surface area contributed by atoms with E-state index in [9.17, 15) is 0 Å². The second kappa shape index (κ2) is 5.60. The molecule has 2 fully saturated rings. The average Bonchev–Trinajstić information content (AvgIpc) is 2.71. The lowest BCUT2D eigenvalue weighted by Gasteiger charge is -2.43. The van der Waals surface area contributed by atoms with Crippen molar-refractivity contribution in [3.8, 4) is 0 Å². The SMILES string of the molecule is C[C@@H]1OC(C)(C)O[C@H]1[C@@H]1C[C@H](c2ccccc2)OC(C)(C)O1. The third-order valence-corrected chi connectivity index (χ3v) is 4.20. The molecule has 2 aliphatic heterocycles. The van der Waals surface area contributed by atoms with Crippen LogP contribution in [0.25, 0.3) is 0 Å². The predicted octanol–water partition coefficient (Wildman–Crippen LogP) is 3.81. The van der Waals surface area contributed by atoms with E-state index < -0.39 is 11.6 Å². The molecule has 2 heterocycles. The average molecular weight is 306 g/mol. The Labute approximate surface area is 132 Å². The van der Waals surface area contributed by atoms with E-state index in [0.717, 1.165) is 6.42 Å². The minimum Gasteiger partial charge on any atom is -0.345 e. The highest BCUT2D eigenvalue weighted by atomic mass is 16.8. The maximum absolute atomic E-state index is 6.15. The van der Waals surface area contributed by atoms with Crippen molar-refractivity contribution >= 4 is 0 Å². The third-order valence-electron chi connectivity index (χ3n) is 4.20. The Balaban J connectivity index is 1.80. The van der Waals surface area contributed by atoms with Crippen molar-refractivity contribution in [1.29, 1.82) is 0 Å². The molecule has 2 saturated heterocycles. The summed E-state index contributed by atoms with van der Waals surface area (Å²) in [6.07, 6.45) is 0.650. The standard InChI is InChI=1S/C18H26O4/c1-12-16(22-17(2,3)19-12)15-11-14(20-18(4,5)21-15)13-9-7-6-8-10-13/h6-10,12,14-16H,11H2,1-5H3/t12-,14+,15-,16+/m0/s1. The topological polar surface area (TPSA) is 36.9 Å². The lowest BCUT2D eigenvalue weighted by atomic mass is 9.96. The van der Waals surface area contributed by atoms with Gasteiger partial charge < -0.3 is 18.9 Å². The third kappa shape index (κ3) is 3.35. The van der Waals surface area contributed by atoms with Gasteiger partial charge in [0.25, 0.3) is 0 Å². The Morgan fingerprint density at radius 3 is 2.09 bits per heavy atom. The summed E-state index contributed by atoms with van der Waals surface area (Å²) in [5, 5.41) is 0. The molecule has 0 bridgehead atoms. The summed E-state index contributed by atoms with van der Waals surface area (Å²) in [6, 6.07) is 10.3. The van der Waals surface area contributed by atoms with Crippen molar-refractivity contribution in [2.75, 3.05) is 0 Å². The highest BCUT2D eigenvalue weighted by molar-refractivity contribution is 5.18. The van der Waals surface area contributed by atoms with Crippen LogP contribution in [0, 0.1) is 0 Å². The second-order valence-corrected chi connectivity index (χ2v) is 7.11. The number of hydrogen-bond donors (Lipinski definition) is 0. The summed E-state index contributed by atoms with van der Waals surface area (Å²) in [6.45, 7) is 9.86. The van der Waals surface area contributed by atoms with E-state index in [2.05, 4.69) is 12.1 Å². The van der Waals surface area contributed by atoms with Crippen LogP contribution < -0.4 is 0 Å². The lowest BCUT2D eigenvalue weighted by Crippen LogP contribution is -2.48. The smallest absolute Gasteiger partial charge is 0.164 e. The quantitative estimate of drug-likeness (QED) is 0.832. The molecule has 1 aromatic rings. The molecule has 0 aromatic heterocycles. The van der Waals surface area contributed by atoms with Gasteiger partial charge in [0.2, 0.25) is 0 Å². The van der Waals surface area contributed by atoms with Gasteiger partial charge in [-0.05, 0) is 40.2 Å². The van der Waals surface area contributed by atoms with Crippen molar-refractivity contribution in [2.24, 2.45) is 0 Å². The zero-order valence-electron chi connectivity index (χ0n) is 14.0. The first-order chi connectivity index (χ1) is 10.3. The van der Waals surface area contributed by atoms with Crippen LogP contribution in [0.5, 0.6) is 0 Å². The first-order valence-corrected chi connectivity index (χ1v) is 8.02. The van der Waals surface area contributed by atoms with Crippen molar-refractivity contribution in [3.63, 3.8) is 0 Å². The van der Waals surface area contributed by atoms with Gasteiger partial charge in [-0.25, -0.2) is 0 Å². The summed E-state index contributed by atoms with van der Waals surface area (Å²) in [5.41, 5.74) is 1.18. The summed E-state index contributed by atoms with van der Waals surface area (Å²) in [4.78, 5) is 0. The summed E-state index contributed by atoms with van der Waals surface area (Å²) in [7, 11) is 0. The van der Waals surface area contributed by atoms with E-state index in [0.29, 0.717) is 0 Å². The zero-order valence-corrected chi connectivity index (χ0v) is 14.0. The molecule has 0 saturated carbocycles. The molecule has 22 heavy (non-hydrogen) atoms. The number of benzene rings is 1. The van der Waals surface area contributed by atoms with E-state index >= 15 is 0 Å². The second-order valence-electron chi connectivity index (χ2n) is 7.11. The van der Waals surface area contributed by atoms with Gasteiger partial charge in [-0.1, -0.05) is 30.3 Å². The molecule has 0 aliphatic carbocycles. The molecule has 0 amide bonds. The lowest BCUT2D eigenvalue weighted by molar-refractivity contribution is -0.318. The molecule has 2 aliphatic rings. The van der Waals surface area contributed by atoms with Gasteiger partial charge in [0.15, 0.2) is 11.6 Å². The van der Waals surface area contributed by atoms with Gasteiger partial charge in [-0.15, -0.1) is 0 Å². The van der Waals surface area contributed by atoms with Crippen LogP contribution in [0.4, 0.5) is 0 Å². The van der Waals surface area contributed by atoms with Crippen molar-refractivity contribution in [1.82, 2.24) is 0 Å². The molecule has 0 unspecified atom stereocenters. The molecular weight excluding hydrogens is 280 g/mol. The molecule has 0 radical (unpaired) electrons. The van der Waals surface area contributed by atoms with Crippen LogP contribution in [0.2, 0.25) is 0 Å². The summed E-state index contributed by atoms with van der Waals surface area (Å²) >= 11 is 0. The van der Waals surface area contributed by atoms with Crippen LogP contribution in [-0.2, 0) is 18.9 Å². The van der Waals surface area contributed by atoms with Gasteiger partial charge in [0, 0.05) is 6.42 Å². The first kappa shape index (κ1) is 15.9. The largest absolute Gasteiger partial charge is 0.345 e. The molecule has 0 spiro atoms. The van der Waals surface area contributed by atoms with E-state index in [1.807, 2.05) is 52.8 Å². The van der Waals surface area contributed by atoms with Crippen LogP contribution in [0.15, 0.2) is 30.3 Å². The van der Waals surface area contributed by atoms with Gasteiger partial charge in [-0.3, -0.25) is 0 Å². The fourth-order valence-corrected chi connectivity index (χ4v) is 3.46. The fraction of sp³-hybridized carbons (Fsp3) is 0.667. The Morgan fingerprint density at radius 1 is 0.864 bits per heavy atom. The van der Waals surface area contributed by atoms with Gasteiger partial charge in [0.05, 0.1) is 18.3 Å². The number of ether oxygens (including phenoxy) is 4. The molecular formula is C18H26O4. The Kier molecular flexibility index (Phi) is 4.06. The normalized spacial score (nSPS) is 37.1. The van der Waals surface area contributed by atoms with Gasteiger partial charge >= 0.3 is 0 Å². The number of hydrogen-bond acceptors (Lipinski definition) is 4. The van der Waals surface area contributed by atoms with Crippen LogP contribution in [0.1, 0.15) is 52.7 Å². The Hall–Kier alpha value is -0.940. The maximum atomic E-state index is 6.15.